The zero-order valence-electron chi connectivity index (χ0n) is 15.2. The van der Waals surface area contributed by atoms with Crippen LogP contribution in [0.1, 0.15) is 31.9 Å². The van der Waals surface area contributed by atoms with E-state index in [1.807, 2.05) is 12.1 Å². The summed E-state index contributed by atoms with van der Waals surface area (Å²) in [6.45, 7) is 6.14. The summed E-state index contributed by atoms with van der Waals surface area (Å²) in [6, 6.07) is 3.82. The molecule has 0 radical (unpaired) electrons. The van der Waals surface area contributed by atoms with E-state index in [4.69, 9.17) is 13.6 Å². The summed E-state index contributed by atoms with van der Waals surface area (Å²) in [7, 11) is -6.66. The molecule has 0 fully saturated rings. The van der Waals surface area contributed by atoms with Crippen molar-refractivity contribution < 1.29 is 27.6 Å². The van der Waals surface area contributed by atoms with Crippen molar-refractivity contribution in [1.82, 2.24) is 0 Å². The zero-order valence-corrected chi connectivity index (χ0v) is 20.2. The van der Waals surface area contributed by atoms with Gasteiger partial charge in [0.2, 0.25) is 0 Å². The van der Waals surface area contributed by atoms with Gasteiger partial charge in [-0.2, -0.15) is 0 Å². The number of hydrogen-bond donors (Lipinski definition) is 1. The van der Waals surface area contributed by atoms with Crippen LogP contribution >= 0.6 is 47.1 Å². The minimum absolute atomic E-state index is 0.0507. The van der Waals surface area contributed by atoms with Crippen LogP contribution in [0.15, 0.2) is 21.1 Å². The van der Waals surface area contributed by atoms with E-state index in [0.717, 1.165) is 20.1 Å². The molecule has 26 heavy (non-hydrogen) atoms. The molecule has 0 amide bonds. The van der Waals surface area contributed by atoms with Crippen LogP contribution in [0.5, 0.6) is 0 Å². The maximum atomic E-state index is 12.6. The Labute approximate surface area is 172 Å². The van der Waals surface area contributed by atoms with Crippen molar-refractivity contribution in [2.75, 3.05) is 32.1 Å². The summed E-state index contributed by atoms with van der Waals surface area (Å²) in [5.74, 6) is 0. The lowest BCUT2D eigenvalue weighted by molar-refractivity contribution is 0.220. The van der Waals surface area contributed by atoms with Crippen LogP contribution in [0.4, 0.5) is 0 Å². The Hall–Kier alpha value is 0.480. The molecule has 150 valence electrons. The lowest BCUT2D eigenvalue weighted by atomic mass is 10.1. The second-order valence-corrected chi connectivity index (χ2v) is 11.4. The highest BCUT2D eigenvalue weighted by Crippen LogP contribution is 2.49. The van der Waals surface area contributed by atoms with Crippen LogP contribution in [0, 0.1) is 0 Å². The van der Waals surface area contributed by atoms with E-state index in [0.29, 0.717) is 26.1 Å². The van der Waals surface area contributed by atoms with Crippen LogP contribution in [0.25, 0.3) is 0 Å². The fraction of sp³-hybridized carbons (Fsp3) is 0.625. The standard InChI is InChI=1S/C16H26Br2O6P2/c1-4-22-25(19,20)9-7-13-11-16(18)14(12-15(13)17)8-10-26(21,23-5-2)24-6-3/h11-12H,4-10H2,1-3H3,(H,19,20). The molecule has 0 heterocycles. The normalized spacial score (nSPS) is 14.4. The molecule has 0 saturated carbocycles. The molecule has 0 aliphatic heterocycles. The summed E-state index contributed by atoms with van der Waals surface area (Å²) < 4.78 is 41.6. The quantitative estimate of drug-likeness (QED) is 0.341. The number of halogens is 2. The molecule has 0 aliphatic carbocycles. The summed E-state index contributed by atoms with van der Waals surface area (Å²) in [6.07, 6.45) is 1.27. The van der Waals surface area contributed by atoms with Crippen LogP contribution in [0.3, 0.4) is 0 Å². The van der Waals surface area contributed by atoms with Gasteiger partial charge in [-0.25, -0.2) is 0 Å². The summed E-state index contributed by atoms with van der Waals surface area (Å²) in [5, 5.41) is 0. The highest BCUT2D eigenvalue weighted by molar-refractivity contribution is 9.11. The van der Waals surface area contributed by atoms with Gasteiger partial charge in [0.1, 0.15) is 0 Å². The van der Waals surface area contributed by atoms with Gasteiger partial charge in [-0.3, -0.25) is 9.13 Å². The molecule has 0 saturated heterocycles. The Morgan fingerprint density at radius 1 is 0.846 bits per heavy atom. The molecule has 0 spiro atoms. The average molecular weight is 536 g/mol. The van der Waals surface area contributed by atoms with E-state index in [2.05, 4.69) is 31.9 Å². The second kappa shape index (κ2) is 11.5. The molecule has 1 aromatic carbocycles. The lowest BCUT2D eigenvalue weighted by Gasteiger charge is -2.18. The van der Waals surface area contributed by atoms with E-state index < -0.39 is 15.2 Å². The van der Waals surface area contributed by atoms with Crippen molar-refractivity contribution in [3.05, 3.63) is 32.2 Å². The van der Waals surface area contributed by atoms with Crippen molar-refractivity contribution in [2.24, 2.45) is 0 Å². The van der Waals surface area contributed by atoms with E-state index >= 15 is 0 Å². The Morgan fingerprint density at radius 3 is 1.69 bits per heavy atom. The molecular formula is C16H26Br2O6P2. The SMILES string of the molecule is CCOP(=O)(O)CCc1cc(Br)c(CCP(=O)(OCC)OCC)cc1Br. The fourth-order valence-corrected chi connectivity index (χ4v) is 6.23. The first kappa shape index (κ1) is 24.5. The van der Waals surface area contributed by atoms with Gasteiger partial charge in [-0.1, -0.05) is 31.9 Å². The topological polar surface area (TPSA) is 82.1 Å². The van der Waals surface area contributed by atoms with E-state index in [-0.39, 0.29) is 18.9 Å². The van der Waals surface area contributed by atoms with Gasteiger partial charge in [0.25, 0.3) is 0 Å². The molecule has 1 atom stereocenters. The molecule has 6 nitrogen and oxygen atoms in total. The molecule has 1 rings (SSSR count). The van der Waals surface area contributed by atoms with Gasteiger partial charge in [0.15, 0.2) is 0 Å². The first-order chi connectivity index (χ1) is 12.2. The van der Waals surface area contributed by atoms with Gasteiger partial charge in [-0.15, -0.1) is 0 Å². The predicted octanol–water partition coefficient (Wildman–Crippen LogP) is 5.78. The summed E-state index contributed by atoms with van der Waals surface area (Å²) in [4.78, 5) is 9.71. The van der Waals surface area contributed by atoms with Crippen LogP contribution < -0.4 is 0 Å². The van der Waals surface area contributed by atoms with Crippen molar-refractivity contribution in [2.45, 2.75) is 33.6 Å². The Balaban J connectivity index is 2.83. The van der Waals surface area contributed by atoms with Gasteiger partial charge in [0.05, 0.1) is 32.1 Å². The summed E-state index contributed by atoms with van der Waals surface area (Å²) >= 11 is 7.03. The van der Waals surface area contributed by atoms with Crippen molar-refractivity contribution in [1.29, 1.82) is 0 Å². The third kappa shape index (κ3) is 8.24. The zero-order chi connectivity index (χ0) is 19.8. The van der Waals surface area contributed by atoms with Crippen LogP contribution in [0.2, 0.25) is 0 Å². The third-order valence-electron chi connectivity index (χ3n) is 3.52. The third-order valence-corrected chi connectivity index (χ3v) is 8.52. The predicted molar refractivity (Wildman–Crippen MR) is 111 cm³/mol. The molecule has 10 heteroatoms. The van der Waals surface area contributed by atoms with Gasteiger partial charge in [0, 0.05) is 8.95 Å². The van der Waals surface area contributed by atoms with Gasteiger partial charge >= 0.3 is 15.2 Å². The Bertz CT molecular complexity index is 673. The smallest absolute Gasteiger partial charge is 0.324 e. The van der Waals surface area contributed by atoms with E-state index in [1.165, 1.54) is 0 Å². The number of rotatable bonds is 12. The van der Waals surface area contributed by atoms with E-state index in [1.54, 1.807) is 20.8 Å². The average Bonchev–Trinajstić information content (AvgIpc) is 2.54. The van der Waals surface area contributed by atoms with Crippen molar-refractivity contribution in [3.63, 3.8) is 0 Å². The van der Waals surface area contributed by atoms with Crippen molar-refractivity contribution in [3.8, 4) is 0 Å². The van der Waals surface area contributed by atoms with Gasteiger partial charge in [-0.05, 0) is 56.9 Å². The maximum Gasteiger partial charge on any atom is 0.330 e. The molecule has 1 unspecified atom stereocenters. The van der Waals surface area contributed by atoms with Crippen LogP contribution in [-0.2, 0) is 35.5 Å². The molecule has 1 aromatic rings. The second-order valence-electron chi connectivity index (χ2n) is 5.48. The molecule has 1 N–H and O–H groups in total. The van der Waals surface area contributed by atoms with Gasteiger partial charge < -0.3 is 18.5 Å². The Morgan fingerprint density at radius 2 is 1.27 bits per heavy atom. The van der Waals surface area contributed by atoms with Crippen molar-refractivity contribution >= 4 is 47.1 Å². The maximum absolute atomic E-state index is 12.6. The Kier molecular flexibility index (Phi) is 10.8. The molecule has 0 bridgehead atoms. The molecule has 0 aliphatic rings. The highest BCUT2D eigenvalue weighted by atomic mass is 79.9. The minimum Gasteiger partial charge on any atom is -0.324 e. The minimum atomic E-state index is -3.56. The molecule has 0 aromatic heterocycles. The summed E-state index contributed by atoms with van der Waals surface area (Å²) in [5.41, 5.74) is 1.85. The lowest BCUT2D eigenvalue weighted by Crippen LogP contribution is -2.04. The highest BCUT2D eigenvalue weighted by Gasteiger charge is 2.24. The monoisotopic (exact) mass is 534 g/mol. The van der Waals surface area contributed by atoms with E-state index in [9.17, 15) is 14.0 Å². The first-order valence-corrected chi connectivity index (χ1v) is 13.5. The first-order valence-electron chi connectivity index (χ1n) is 8.47. The largest absolute Gasteiger partial charge is 0.330 e. The number of aryl methyl sites for hydroxylation is 2. The molecular weight excluding hydrogens is 510 g/mol. The number of hydrogen-bond acceptors (Lipinski definition) is 5. The number of benzene rings is 1. The van der Waals surface area contributed by atoms with Crippen LogP contribution in [-0.4, -0.2) is 37.0 Å². The fourth-order valence-electron chi connectivity index (χ4n) is 2.36.